The molecule has 1 rings (SSSR count). The molecule has 1 aromatic carbocycles. The van der Waals surface area contributed by atoms with E-state index in [-0.39, 0.29) is 18.0 Å². The van der Waals surface area contributed by atoms with Gasteiger partial charge in [0.2, 0.25) is 0 Å². The summed E-state index contributed by atoms with van der Waals surface area (Å²) in [7, 11) is 0. The van der Waals surface area contributed by atoms with E-state index in [9.17, 15) is 9.59 Å². The summed E-state index contributed by atoms with van der Waals surface area (Å²) < 4.78 is 10.4. The average Bonchev–Trinajstić information content (AvgIpc) is 2.30. The van der Waals surface area contributed by atoms with Crippen molar-refractivity contribution in [1.82, 2.24) is 0 Å². The van der Waals surface area contributed by atoms with Gasteiger partial charge in [-0.1, -0.05) is 31.5 Å². The van der Waals surface area contributed by atoms with Gasteiger partial charge >= 0.3 is 11.9 Å². The Kier molecular flexibility index (Phi) is 6.06. The van der Waals surface area contributed by atoms with Crippen LogP contribution < -0.4 is 4.74 Å². The normalized spacial score (nSPS) is 11.7. The monoisotopic (exact) mass is 264 g/mol. The van der Waals surface area contributed by atoms with Gasteiger partial charge in [-0.25, -0.2) is 0 Å². The first-order valence-electron chi connectivity index (χ1n) is 6.46. The van der Waals surface area contributed by atoms with Crippen molar-refractivity contribution in [2.75, 3.05) is 0 Å². The van der Waals surface area contributed by atoms with E-state index in [2.05, 4.69) is 0 Å². The standard InChI is InChI=1S/C15H20O4/c1-4-7-14(18-11(2)16)10-13-8-5-6-9-15(13)19-12(3)17/h5-6,8-9,14H,4,7,10H2,1-3H3. The van der Waals surface area contributed by atoms with Crippen LogP contribution in [0.25, 0.3) is 0 Å². The Labute approximate surface area is 113 Å². The third-order valence-corrected chi connectivity index (χ3v) is 2.62. The molecule has 0 radical (unpaired) electrons. The molecule has 104 valence electrons. The van der Waals surface area contributed by atoms with E-state index in [1.165, 1.54) is 13.8 Å². The molecule has 0 heterocycles. The lowest BCUT2D eigenvalue weighted by molar-refractivity contribution is -0.146. The maximum Gasteiger partial charge on any atom is 0.308 e. The van der Waals surface area contributed by atoms with Crippen molar-refractivity contribution in [3.63, 3.8) is 0 Å². The molecular formula is C15H20O4. The minimum Gasteiger partial charge on any atom is -0.462 e. The number of ether oxygens (including phenoxy) is 2. The molecular weight excluding hydrogens is 244 g/mol. The van der Waals surface area contributed by atoms with Gasteiger partial charge in [0.25, 0.3) is 0 Å². The molecule has 1 unspecified atom stereocenters. The second-order valence-corrected chi connectivity index (χ2v) is 4.43. The van der Waals surface area contributed by atoms with Crippen molar-refractivity contribution in [3.8, 4) is 5.75 Å². The molecule has 0 fully saturated rings. The van der Waals surface area contributed by atoms with Gasteiger partial charge in [-0.3, -0.25) is 9.59 Å². The quantitative estimate of drug-likeness (QED) is 0.585. The molecule has 19 heavy (non-hydrogen) atoms. The second kappa shape index (κ2) is 7.56. The van der Waals surface area contributed by atoms with Crippen molar-refractivity contribution >= 4 is 11.9 Å². The summed E-state index contributed by atoms with van der Waals surface area (Å²) in [6.45, 7) is 4.81. The summed E-state index contributed by atoms with van der Waals surface area (Å²) in [5.74, 6) is -0.112. The minimum absolute atomic E-state index is 0.181. The number of para-hydroxylation sites is 1. The molecule has 0 aliphatic carbocycles. The molecule has 0 spiro atoms. The number of esters is 2. The van der Waals surface area contributed by atoms with Crippen molar-refractivity contribution in [2.45, 2.75) is 46.1 Å². The molecule has 1 aromatic rings. The SMILES string of the molecule is CCCC(Cc1ccccc1OC(C)=O)OC(C)=O. The number of hydrogen-bond acceptors (Lipinski definition) is 4. The highest BCUT2D eigenvalue weighted by Gasteiger charge is 2.15. The van der Waals surface area contributed by atoms with Crippen LogP contribution in [0.3, 0.4) is 0 Å². The van der Waals surface area contributed by atoms with E-state index in [1.54, 1.807) is 6.07 Å². The summed E-state index contributed by atoms with van der Waals surface area (Å²) >= 11 is 0. The molecule has 0 saturated carbocycles. The summed E-state index contributed by atoms with van der Waals surface area (Å²) in [5, 5.41) is 0. The first kappa shape index (κ1) is 15.2. The van der Waals surface area contributed by atoms with Crippen molar-refractivity contribution in [1.29, 1.82) is 0 Å². The molecule has 0 N–H and O–H groups in total. The van der Waals surface area contributed by atoms with Gasteiger partial charge in [0.15, 0.2) is 0 Å². The lowest BCUT2D eigenvalue weighted by Crippen LogP contribution is -2.19. The largest absolute Gasteiger partial charge is 0.462 e. The number of rotatable bonds is 6. The molecule has 0 amide bonds. The molecule has 4 heteroatoms. The van der Waals surface area contributed by atoms with E-state index in [0.29, 0.717) is 12.2 Å². The van der Waals surface area contributed by atoms with Crippen molar-refractivity contribution in [2.24, 2.45) is 0 Å². The van der Waals surface area contributed by atoms with E-state index >= 15 is 0 Å². The van der Waals surface area contributed by atoms with E-state index in [0.717, 1.165) is 18.4 Å². The number of benzene rings is 1. The summed E-state index contributed by atoms with van der Waals surface area (Å²) in [5.41, 5.74) is 0.873. The highest BCUT2D eigenvalue weighted by atomic mass is 16.5. The van der Waals surface area contributed by atoms with Crippen LogP contribution in [0.4, 0.5) is 0 Å². The van der Waals surface area contributed by atoms with Crippen LogP contribution in [0.2, 0.25) is 0 Å². The fraction of sp³-hybridized carbons (Fsp3) is 0.467. The van der Waals surface area contributed by atoms with Crippen LogP contribution in [-0.2, 0) is 20.7 Å². The fourth-order valence-electron chi connectivity index (χ4n) is 1.93. The molecule has 0 aromatic heterocycles. The Morgan fingerprint density at radius 3 is 2.42 bits per heavy atom. The lowest BCUT2D eigenvalue weighted by Gasteiger charge is -2.17. The van der Waals surface area contributed by atoms with Gasteiger partial charge in [-0.05, 0) is 18.1 Å². The first-order valence-corrected chi connectivity index (χ1v) is 6.46. The summed E-state index contributed by atoms with van der Waals surface area (Å²) in [4.78, 5) is 22.1. The Balaban J connectivity index is 2.82. The molecule has 0 aliphatic heterocycles. The summed E-state index contributed by atoms with van der Waals surface area (Å²) in [6, 6.07) is 7.31. The van der Waals surface area contributed by atoms with Gasteiger partial charge in [-0.2, -0.15) is 0 Å². The maximum atomic E-state index is 11.1. The predicted octanol–water partition coefficient (Wildman–Crippen LogP) is 2.89. The number of hydrogen-bond donors (Lipinski definition) is 0. The molecule has 0 bridgehead atoms. The zero-order chi connectivity index (χ0) is 14.3. The highest BCUT2D eigenvalue weighted by molar-refractivity contribution is 5.69. The molecule has 0 saturated heterocycles. The minimum atomic E-state index is -0.355. The van der Waals surface area contributed by atoms with Crippen LogP contribution >= 0.6 is 0 Å². The van der Waals surface area contributed by atoms with Crippen LogP contribution in [0.15, 0.2) is 24.3 Å². The van der Waals surface area contributed by atoms with E-state index in [4.69, 9.17) is 9.47 Å². The van der Waals surface area contributed by atoms with Crippen LogP contribution in [0, 0.1) is 0 Å². The third-order valence-electron chi connectivity index (χ3n) is 2.62. The number of carbonyl (C=O) groups excluding carboxylic acids is 2. The van der Waals surface area contributed by atoms with Gasteiger partial charge in [0.1, 0.15) is 11.9 Å². The van der Waals surface area contributed by atoms with Crippen molar-refractivity contribution < 1.29 is 19.1 Å². The lowest BCUT2D eigenvalue weighted by atomic mass is 10.0. The van der Waals surface area contributed by atoms with Crippen molar-refractivity contribution in [3.05, 3.63) is 29.8 Å². The summed E-state index contributed by atoms with van der Waals surface area (Å²) in [6.07, 6.45) is 2.08. The highest BCUT2D eigenvalue weighted by Crippen LogP contribution is 2.22. The Hall–Kier alpha value is -1.84. The smallest absolute Gasteiger partial charge is 0.308 e. The zero-order valence-corrected chi connectivity index (χ0v) is 11.6. The van der Waals surface area contributed by atoms with Gasteiger partial charge in [0.05, 0.1) is 0 Å². The van der Waals surface area contributed by atoms with Gasteiger partial charge in [0, 0.05) is 20.3 Å². The molecule has 4 nitrogen and oxygen atoms in total. The Morgan fingerprint density at radius 1 is 1.16 bits per heavy atom. The van der Waals surface area contributed by atoms with Crippen LogP contribution in [0.1, 0.15) is 39.2 Å². The Morgan fingerprint density at radius 2 is 1.84 bits per heavy atom. The Bertz CT molecular complexity index is 440. The zero-order valence-electron chi connectivity index (χ0n) is 11.6. The topological polar surface area (TPSA) is 52.6 Å². The number of carbonyl (C=O) groups is 2. The molecule has 1 atom stereocenters. The van der Waals surface area contributed by atoms with Crippen LogP contribution in [-0.4, -0.2) is 18.0 Å². The van der Waals surface area contributed by atoms with Gasteiger partial charge < -0.3 is 9.47 Å². The predicted molar refractivity (Wildman–Crippen MR) is 71.9 cm³/mol. The maximum absolute atomic E-state index is 11.1. The first-order chi connectivity index (χ1) is 9.02. The fourth-order valence-corrected chi connectivity index (χ4v) is 1.93. The van der Waals surface area contributed by atoms with Crippen LogP contribution in [0.5, 0.6) is 5.75 Å². The average molecular weight is 264 g/mol. The second-order valence-electron chi connectivity index (χ2n) is 4.43. The van der Waals surface area contributed by atoms with E-state index in [1.807, 2.05) is 25.1 Å². The van der Waals surface area contributed by atoms with E-state index < -0.39 is 0 Å². The third kappa shape index (κ3) is 5.55. The molecule has 0 aliphatic rings. The van der Waals surface area contributed by atoms with Gasteiger partial charge in [-0.15, -0.1) is 0 Å².